The number of ether oxygens (including phenoxy) is 1. The highest BCUT2D eigenvalue weighted by Gasteiger charge is 2.21. The largest absolute Gasteiger partial charge is 0.378 e. The highest BCUT2D eigenvalue weighted by Crippen LogP contribution is 2.14. The van der Waals surface area contributed by atoms with E-state index in [0.717, 1.165) is 63.6 Å². The topological polar surface area (TPSA) is 49.8 Å². The van der Waals surface area contributed by atoms with Crippen molar-refractivity contribution in [1.82, 2.24) is 15.2 Å². The highest BCUT2D eigenvalue weighted by molar-refractivity contribution is 7.09. The molecule has 0 radical (unpaired) electrons. The molecule has 1 N–H and O–H groups in total. The molecule has 5 nitrogen and oxygen atoms in total. The number of hydrogen-bond donors (Lipinski definition) is 1. The van der Waals surface area contributed by atoms with Gasteiger partial charge in [-0.25, -0.2) is 4.98 Å². The number of hydrogen-bond acceptors (Lipinski definition) is 4. The van der Waals surface area contributed by atoms with Crippen LogP contribution in [0, 0.1) is 6.92 Å². The molecule has 1 saturated heterocycles. The average molecular weight is 339 g/mol. The van der Waals surface area contributed by atoms with Gasteiger partial charge in [0.25, 0.3) is 0 Å². The Labute approximate surface area is 144 Å². The van der Waals surface area contributed by atoms with E-state index in [9.17, 15) is 0 Å². The van der Waals surface area contributed by atoms with Gasteiger partial charge >= 0.3 is 0 Å². The van der Waals surface area contributed by atoms with Gasteiger partial charge in [0.05, 0.1) is 11.1 Å². The first kappa shape index (κ1) is 18.2. The minimum atomic E-state index is 0.427. The van der Waals surface area contributed by atoms with Crippen LogP contribution >= 0.6 is 11.3 Å². The number of aryl methyl sites for hydroxylation is 2. The lowest BCUT2D eigenvalue weighted by Gasteiger charge is -2.34. The minimum Gasteiger partial charge on any atom is -0.378 e. The predicted molar refractivity (Wildman–Crippen MR) is 97.4 cm³/mol. The van der Waals surface area contributed by atoms with Crippen molar-refractivity contribution in [3.8, 4) is 0 Å². The first-order chi connectivity index (χ1) is 11.2. The summed E-state index contributed by atoms with van der Waals surface area (Å²) in [7, 11) is 1.87. The third-order valence-electron chi connectivity index (χ3n) is 4.12. The molecule has 0 aromatic carbocycles. The Morgan fingerprint density at radius 2 is 2.22 bits per heavy atom. The van der Waals surface area contributed by atoms with Crippen LogP contribution in [-0.4, -0.2) is 55.2 Å². The van der Waals surface area contributed by atoms with E-state index in [4.69, 9.17) is 4.74 Å². The van der Waals surface area contributed by atoms with Gasteiger partial charge in [-0.05, 0) is 46.0 Å². The monoisotopic (exact) mass is 338 g/mol. The van der Waals surface area contributed by atoms with E-state index in [-0.39, 0.29) is 0 Å². The van der Waals surface area contributed by atoms with Gasteiger partial charge in [-0.2, -0.15) is 0 Å². The fraction of sp³-hybridized carbons (Fsp3) is 0.765. The maximum Gasteiger partial charge on any atom is 0.193 e. The number of rotatable bonds is 7. The summed E-state index contributed by atoms with van der Waals surface area (Å²) in [4.78, 5) is 11.3. The van der Waals surface area contributed by atoms with Gasteiger partial charge in [0.1, 0.15) is 0 Å². The molecular formula is C17H30N4OS. The molecule has 0 bridgehead atoms. The summed E-state index contributed by atoms with van der Waals surface area (Å²) >= 11 is 1.77. The van der Waals surface area contributed by atoms with Gasteiger partial charge in [0, 0.05) is 44.4 Å². The van der Waals surface area contributed by atoms with Crippen molar-refractivity contribution in [3.05, 3.63) is 16.1 Å². The van der Waals surface area contributed by atoms with Crippen LogP contribution in [0.15, 0.2) is 10.4 Å². The van der Waals surface area contributed by atoms with Crippen LogP contribution < -0.4 is 5.32 Å². The second-order valence-electron chi connectivity index (χ2n) is 5.96. The van der Waals surface area contributed by atoms with Crippen LogP contribution in [0.2, 0.25) is 0 Å². The summed E-state index contributed by atoms with van der Waals surface area (Å²) in [5.74, 6) is 1.03. The molecule has 23 heavy (non-hydrogen) atoms. The summed E-state index contributed by atoms with van der Waals surface area (Å²) in [6.07, 6.45) is 6.02. The SMILES string of the molecule is CCOC1CCN(C(=NC)NCCCCc2nc(C)cs2)CC1. The Hall–Kier alpha value is -1.14. The molecular weight excluding hydrogens is 308 g/mol. The van der Waals surface area contributed by atoms with Gasteiger partial charge in [-0.15, -0.1) is 11.3 Å². The minimum absolute atomic E-state index is 0.427. The molecule has 0 atom stereocenters. The lowest BCUT2D eigenvalue weighted by molar-refractivity contribution is 0.0264. The van der Waals surface area contributed by atoms with Crippen LogP contribution in [-0.2, 0) is 11.2 Å². The molecule has 1 aliphatic heterocycles. The quantitative estimate of drug-likeness (QED) is 0.472. The third-order valence-corrected chi connectivity index (χ3v) is 5.15. The summed E-state index contributed by atoms with van der Waals surface area (Å²) < 4.78 is 5.71. The van der Waals surface area contributed by atoms with Crippen molar-refractivity contribution in [3.63, 3.8) is 0 Å². The normalized spacial score (nSPS) is 16.8. The van der Waals surface area contributed by atoms with Gasteiger partial charge in [0.15, 0.2) is 5.96 Å². The van der Waals surface area contributed by atoms with E-state index in [0.29, 0.717) is 6.10 Å². The van der Waals surface area contributed by atoms with Crippen molar-refractivity contribution < 1.29 is 4.74 Å². The standard InChI is InChI=1S/C17H30N4OS/c1-4-22-15-8-11-21(12-9-15)17(18-3)19-10-6-5-7-16-20-14(2)13-23-16/h13,15H,4-12H2,1-3H3,(H,18,19). The van der Waals surface area contributed by atoms with Gasteiger partial charge in [-0.1, -0.05) is 0 Å². The number of nitrogens with zero attached hydrogens (tertiary/aromatic N) is 3. The molecule has 1 aliphatic rings. The average Bonchev–Trinajstić information content (AvgIpc) is 2.98. The molecule has 2 rings (SSSR count). The summed E-state index contributed by atoms with van der Waals surface area (Å²) in [5.41, 5.74) is 1.14. The Morgan fingerprint density at radius 1 is 1.43 bits per heavy atom. The zero-order chi connectivity index (χ0) is 16.5. The number of piperidine rings is 1. The van der Waals surface area contributed by atoms with Crippen molar-refractivity contribution in [2.75, 3.05) is 33.3 Å². The number of guanidine groups is 1. The van der Waals surface area contributed by atoms with Crippen LogP contribution in [0.4, 0.5) is 0 Å². The lowest BCUT2D eigenvalue weighted by Crippen LogP contribution is -2.47. The van der Waals surface area contributed by atoms with Crippen LogP contribution in [0.5, 0.6) is 0 Å². The molecule has 6 heteroatoms. The Kier molecular flexibility index (Phi) is 7.82. The van der Waals surface area contributed by atoms with Crippen molar-refractivity contribution in [1.29, 1.82) is 0 Å². The molecule has 0 saturated carbocycles. The number of aromatic nitrogens is 1. The van der Waals surface area contributed by atoms with Crippen molar-refractivity contribution in [2.45, 2.75) is 52.1 Å². The van der Waals surface area contributed by atoms with Gasteiger partial charge in [-0.3, -0.25) is 4.99 Å². The van der Waals surface area contributed by atoms with Crippen LogP contribution in [0.1, 0.15) is 43.3 Å². The third kappa shape index (κ3) is 6.11. The van der Waals surface area contributed by atoms with E-state index < -0.39 is 0 Å². The maximum atomic E-state index is 5.71. The second kappa shape index (κ2) is 9.88. The number of aliphatic imine (C=N–C) groups is 1. The second-order valence-corrected chi connectivity index (χ2v) is 6.90. The predicted octanol–water partition coefficient (Wildman–Crippen LogP) is 2.85. The van der Waals surface area contributed by atoms with Crippen molar-refractivity contribution in [2.24, 2.45) is 4.99 Å². The fourth-order valence-corrected chi connectivity index (χ4v) is 3.74. The highest BCUT2D eigenvalue weighted by atomic mass is 32.1. The Morgan fingerprint density at radius 3 is 2.83 bits per heavy atom. The summed E-state index contributed by atoms with van der Waals surface area (Å²) in [6.45, 7) is 7.98. The number of nitrogens with one attached hydrogen (secondary N) is 1. The van der Waals surface area contributed by atoms with E-state index in [2.05, 4.69) is 39.4 Å². The number of unbranched alkanes of at least 4 members (excludes halogenated alkanes) is 1. The molecule has 130 valence electrons. The van der Waals surface area contributed by atoms with E-state index in [1.807, 2.05) is 7.05 Å². The fourth-order valence-electron chi connectivity index (χ4n) is 2.92. The molecule has 0 aliphatic carbocycles. The van der Waals surface area contributed by atoms with E-state index >= 15 is 0 Å². The lowest BCUT2D eigenvalue weighted by atomic mass is 10.1. The summed E-state index contributed by atoms with van der Waals surface area (Å²) in [6, 6.07) is 0. The van der Waals surface area contributed by atoms with E-state index in [1.165, 1.54) is 11.4 Å². The number of thiazole rings is 1. The zero-order valence-corrected chi connectivity index (χ0v) is 15.5. The molecule has 0 spiro atoms. The van der Waals surface area contributed by atoms with Crippen molar-refractivity contribution >= 4 is 17.3 Å². The van der Waals surface area contributed by atoms with Gasteiger partial charge < -0.3 is 15.0 Å². The molecule has 1 fully saturated rings. The first-order valence-corrected chi connectivity index (χ1v) is 9.59. The summed E-state index contributed by atoms with van der Waals surface area (Å²) in [5, 5.41) is 6.88. The van der Waals surface area contributed by atoms with Crippen LogP contribution in [0.3, 0.4) is 0 Å². The molecule has 1 aromatic heterocycles. The molecule has 0 unspecified atom stereocenters. The maximum absolute atomic E-state index is 5.71. The first-order valence-electron chi connectivity index (χ1n) is 8.71. The smallest absolute Gasteiger partial charge is 0.193 e. The van der Waals surface area contributed by atoms with Crippen LogP contribution in [0.25, 0.3) is 0 Å². The number of likely N-dealkylation sites (tertiary alicyclic amines) is 1. The van der Waals surface area contributed by atoms with Gasteiger partial charge in [0.2, 0.25) is 0 Å². The zero-order valence-electron chi connectivity index (χ0n) is 14.7. The molecule has 0 amide bonds. The Balaban J connectivity index is 1.62. The Bertz CT molecular complexity index is 481. The molecule has 2 heterocycles. The molecule has 1 aromatic rings. The van der Waals surface area contributed by atoms with E-state index in [1.54, 1.807) is 11.3 Å².